The number of amides is 1. The van der Waals surface area contributed by atoms with E-state index in [1.54, 1.807) is 6.21 Å². The van der Waals surface area contributed by atoms with Crippen molar-refractivity contribution in [1.82, 2.24) is 0 Å². The van der Waals surface area contributed by atoms with E-state index < -0.39 is 0 Å². The highest BCUT2D eigenvalue weighted by Gasteiger charge is 2.03. The zero-order valence-corrected chi connectivity index (χ0v) is 13.6. The molecule has 0 unspecified atom stereocenters. The maximum Gasteiger partial charge on any atom is 0.265 e. The summed E-state index contributed by atoms with van der Waals surface area (Å²) in [6.07, 6.45) is 1.57. The minimum Gasteiger partial charge on any atom is -0.386 e. The third kappa shape index (κ3) is 5.04. The molecule has 0 radical (unpaired) electrons. The second-order valence-corrected chi connectivity index (χ2v) is 5.41. The van der Waals surface area contributed by atoms with Gasteiger partial charge in [-0.1, -0.05) is 78.0 Å². The number of nitrogens with one attached hydrogen (secondary N) is 1. The molecule has 1 N–H and O–H groups in total. The van der Waals surface area contributed by atoms with Gasteiger partial charge in [-0.25, -0.2) is 0 Å². The smallest absolute Gasteiger partial charge is 0.265 e. The van der Waals surface area contributed by atoms with Gasteiger partial charge in [0.15, 0.2) is 6.61 Å². The molecule has 3 rings (SSSR count). The van der Waals surface area contributed by atoms with Crippen LogP contribution < -0.4 is 5.32 Å². The fraction of sp³-hybridized carbons (Fsp3) is 0.0476. The topological polar surface area (TPSA) is 50.7 Å². The van der Waals surface area contributed by atoms with Crippen LogP contribution in [0.1, 0.15) is 5.56 Å². The van der Waals surface area contributed by atoms with E-state index in [2.05, 4.69) is 10.5 Å². The summed E-state index contributed by atoms with van der Waals surface area (Å²) in [5.74, 6) is -0.252. The molecule has 1 amide bonds. The maximum atomic E-state index is 11.9. The molecule has 0 aliphatic carbocycles. The molecule has 0 saturated carbocycles. The van der Waals surface area contributed by atoms with Crippen molar-refractivity contribution in [2.24, 2.45) is 5.16 Å². The van der Waals surface area contributed by atoms with E-state index >= 15 is 0 Å². The van der Waals surface area contributed by atoms with Crippen LogP contribution in [0.25, 0.3) is 11.1 Å². The van der Waals surface area contributed by atoms with Crippen molar-refractivity contribution in [1.29, 1.82) is 0 Å². The van der Waals surface area contributed by atoms with E-state index in [0.717, 1.165) is 22.4 Å². The molecular weight excluding hydrogens is 312 g/mol. The van der Waals surface area contributed by atoms with Crippen LogP contribution in [0.4, 0.5) is 5.69 Å². The van der Waals surface area contributed by atoms with Crippen LogP contribution in [-0.4, -0.2) is 18.7 Å². The number of nitrogens with zero attached hydrogens (tertiary/aromatic N) is 1. The van der Waals surface area contributed by atoms with Gasteiger partial charge in [0, 0.05) is 5.69 Å². The lowest BCUT2D eigenvalue weighted by molar-refractivity contribution is -0.120. The van der Waals surface area contributed by atoms with Gasteiger partial charge in [-0.3, -0.25) is 4.79 Å². The van der Waals surface area contributed by atoms with Gasteiger partial charge in [0.1, 0.15) is 0 Å². The summed E-state index contributed by atoms with van der Waals surface area (Å²) in [7, 11) is 0. The monoisotopic (exact) mass is 330 g/mol. The van der Waals surface area contributed by atoms with Crippen molar-refractivity contribution >= 4 is 17.8 Å². The number of benzene rings is 3. The molecule has 0 spiro atoms. The summed E-state index contributed by atoms with van der Waals surface area (Å²) in [6.45, 7) is -0.135. The number of carbonyl (C=O) groups is 1. The normalized spacial score (nSPS) is 10.6. The van der Waals surface area contributed by atoms with E-state index in [1.165, 1.54) is 0 Å². The van der Waals surface area contributed by atoms with Gasteiger partial charge in [0.05, 0.1) is 6.21 Å². The number of carbonyl (C=O) groups excluding carboxylic acids is 1. The first-order valence-corrected chi connectivity index (χ1v) is 7.97. The van der Waals surface area contributed by atoms with Gasteiger partial charge in [0.2, 0.25) is 0 Å². The third-order valence-electron chi connectivity index (χ3n) is 3.55. The van der Waals surface area contributed by atoms with Crippen molar-refractivity contribution in [3.63, 3.8) is 0 Å². The SMILES string of the molecule is O=C(CO/N=C/c1ccccc1)Nc1ccc(-c2ccccc2)cc1. The van der Waals surface area contributed by atoms with E-state index in [4.69, 9.17) is 4.84 Å². The lowest BCUT2D eigenvalue weighted by Gasteiger charge is -2.06. The molecule has 0 aliphatic heterocycles. The summed E-state index contributed by atoms with van der Waals surface area (Å²) < 4.78 is 0. The largest absolute Gasteiger partial charge is 0.386 e. The van der Waals surface area contributed by atoms with E-state index in [1.807, 2.05) is 84.9 Å². The van der Waals surface area contributed by atoms with E-state index in [9.17, 15) is 4.79 Å². The molecule has 0 aliphatic rings. The molecule has 3 aromatic carbocycles. The molecule has 124 valence electrons. The van der Waals surface area contributed by atoms with Crippen LogP contribution >= 0.6 is 0 Å². The molecule has 4 nitrogen and oxygen atoms in total. The van der Waals surface area contributed by atoms with Gasteiger partial charge in [-0.05, 0) is 28.8 Å². The van der Waals surface area contributed by atoms with Crippen molar-refractivity contribution in [3.8, 4) is 11.1 Å². The minimum absolute atomic E-state index is 0.135. The minimum atomic E-state index is -0.252. The Hall–Kier alpha value is -3.40. The molecule has 0 atom stereocenters. The highest BCUT2D eigenvalue weighted by Crippen LogP contribution is 2.20. The fourth-order valence-corrected chi connectivity index (χ4v) is 2.31. The molecule has 4 heteroatoms. The van der Waals surface area contributed by atoms with Crippen molar-refractivity contribution in [2.75, 3.05) is 11.9 Å². The highest BCUT2D eigenvalue weighted by atomic mass is 16.6. The highest BCUT2D eigenvalue weighted by molar-refractivity contribution is 5.92. The lowest BCUT2D eigenvalue weighted by atomic mass is 10.1. The van der Waals surface area contributed by atoms with Crippen molar-refractivity contribution < 1.29 is 9.63 Å². The van der Waals surface area contributed by atoms with Crippen LogP contribution in [0.2, 0.25) is 0 Å². The summed E-state index contributed by atoms with van der Waals surface area (Å²) in [5.41, 5.74) is 3.88. The van der Waals surface area contributed by atoms with Gasteiger partial charge < -0.3 is 10.2 Å². The number of hydrogen-bond donors (Lipinski definition) is 1. The Labute approximate surface area is 146 Å². The third-order valence-corrected chi connectivity index (χ3v) is 3.55. The van der Waals surface area contributed by atoms with Gasteiger partial charge >= 0.3 is 0 Å². The molecular formula is C21H18N2O2. The average molecular weight is 330 g/mol. The molecule has 0 saturated heterocycles. The zero-order chi connectivity index (χ0) is 17.3. The number of oxime groups is 1. The number of anilines is 1. The standard InChI is InChI=1S/C21H18N2O2/c24-21(16-25-22-15-17-7-3-1-4-8-17)23-20-13-11-19(12-14-20)18-9-5-2-6-10-18/h1-15H,16H2,(H,23,24)/b22-15+. The Balaban J connectivity index is 1.49. The van der Waals surface area contributed by atoms with Crippen LogP contribution in [0.5, 0.6) is 0 Å². The van der Waals surface area contributed by atoms with Gasteiger partial charge in [0.25, 0.3) is 5.91 Å². The first-order valence-electron chi connectivity index (χ1n) is 7.97. The van der Waals surface area contributed by atoms with Crippen LogP contribution in [0, 0.1) is 0 Å². The second-order valence-electron chi connectivity index (χ2n) is 5.41. The Bertz CT molecular complexity index is 829. The molecule has 0 aromatic heterocycles. The summed E-state index contributed by atoms with van der Waals surface area (Å²) >= 11 is 0. The van der Waals surface area contributed by atoms with Crippen LogP contribution in [0.3, 0.4) is 0 Å². The fourth-order valence-electron chi connectivity index (χ4n) is 2.31. The maximum absolute atomic E-state index is 11.9. The molecule has 0 heterocycles. The van der Waals surface area contributed by atoms with E-state index in [0.29, 0.717) is 0 Å². The number of hydrogen-bond acceptors (Lipinski definition) is 3. The van der Waals surface area contributed by atoms with Crippen molar-refractivity contribution in [3.05, 3.63) is 90.5 Å². The molecule has 0 fully saturated rings. The predicted molar refractivity (Wildman–Crippen MR) is 100 cm³/mol. The molecule has 25 heavy (non-hydrogen) atoms. The summed E-state index contributed by atoms with van der Waals surface area (Å²) in [5, 5.41) is 6.57. The molecule has 3 aromatic rings. The zero-order valence-electron chi connectivity index (χ0n) is 13.6. The lowest BCUT2D eigenvalue weighted by Crippen LogP contribution is -2.16. The van der Waals surface area contributed by atoms with E-state index in [-0.39, 0.29) is 12.5 Å². The first kappa shape index (κ1) is 16.5. The Kier molecular flexibility index (Phi) is 5.56. The predicted octanol–water partition coefficient (Wildman–Crippen LogP) is 4.34. The molecule has 0 bridgehead atoms. The average Bonchev–Trinajstić information content (AvgIpc) is 2.67. The Morgan fingerprint density at radius 1 is 0.840 bits per heavy atom. The summed E-state index contributed by atoms with van der Waals surface area (Å²) in [6, 6.07) is 27.3. The van der Waals surface area contributed by atoms with Crippen LogP contribution in [-0.2, 0) is 9.63 Å². The quantitative estimate of drug-likeness (QED) is 0.540. The second kappa shape index (κ2) is 8.45. The Morgan fingerprint density at radius 3 is 2.12 bits per heavy atom. The Morgan fingerprint density at radius 2 is 1.44 bits per heavy atom. The summed E-state index contributed by atoms with van der Waals surface area (Å²) in [4.78, 5) is 16.9. The number of rotatable bonds is 6. The first-order chi connectivity index (χ1) is 12.3. The van der Waals surface area contributed by atoms with Crippen molar-refractivity contribution in [2.45, 2.75) is 0 Å². The van der Waals surface area contributed by atoms with Crippen LogP contribution in [0.15, 0.2) is 90.1 Å². The van der Waals surface area contributed by atoms with Gasteiger partial charge in [-0.15, -0.1) is 0 Å². The van der Waals surface area contributed by atoms with Gasteiger partial charge in [-0.2, -0.15) is 0 Å².